The van der Waals surface area contributed by atoms with Crippen LogP contribution >= 0.6 is 0 Å². The lowest BCUT2D eigenvalue weighted by Gasteiger charge is -2.19. The molecule has 0 bridgehead atoms. The first-order chi connectivity index (χ1) is 8.69. The van der Waals surface area contributed by atoms with Crippen LogP contribution in [0.3, 0.4) is 0 Å². The van der Waals surface area contributed by atoms with E-state index < -0.39 is 0 Å². The van der Waals surface area contributed by atoms with Crippen molar-refractivity contribution in [3.05, 3.63) is 35.9 Å². The standard InChI is InChI=1S/C14H22N2O2/c1-11(6-5-9-15)14(18)16-13(10-17)12-7-3-2-4-8-12/h2-4,7-8,11,13,17H,5-6,9-10,15H2,1H3,(H,16,18)/t11?,13-/m1/s1. The van der Waals surface area contributed by atoms with Crippen LogP contribution in [0.1, 0.15) is 31.4 Å². The molecule has 1 aromatic rings. The van der Waals surface area contributed by atoms with Gasteiger partial charge in [0.05, 0.1) is 12.6 Å². The lowest BCUT2D eigenvalue weighted by Crippen LogP contribution is -2.34. The van der Waals surface area contributed by atoms with Gasteiger partial charge in [-0.2, -0.15) is 0 Å². The molecular weight excluding hydrogens is 228 g/mol. The van der Waals surface area contributed by atoms with E-state index in [-0.39, 0.29) is 24.5 Å². The highest BCUT2D eigenvalue weighted by Gasteiger charge is 2.17. The van der Waals surface area contributed by atoms with E-state index in [1.807, 2.05) is 37.3 Å². The average Bonchev–Trinajstić information content (AvgIpc) is 2.42. The molecule has 1 unspecified atom stereocenters. The molecular formula is C14H22N2O2. The van der Waals surface area contributed by atoms with Crippen molar-refractivity contribution >= 4 is 5.91 Å². The molecule has 0 saturated heterocycles. The van der Waals surface area contributed by atoms with Gasteiger partial charge in [-0.3, -0.25) is 4.79 Å². The predicted octanol–water partition coefficient (Wildman–Crippen LogP) is 1.21. The Morgan fingerprint density at radius 2 is 2.06 bits per heavy atom. The van der Waals surface area contributed by atoms with Crippen molar-refractivity contribution < 1.29 is 9.90 Å². The molecule has 0 aromatic heterocycles. The van der Waals surface area contributed by atoms with Gasteiger partial charge in [-0.25, -0.2) is 0 Å². The van der Waals surface area contributed by atoms with Gasteiger partial charge in [0.15, 0.2) is 0 Å². The third-order valence-electron chi connectivity index (χ3n) is 2.99. The Morgan fingerprint density at radius 1 is 1.39 bits per heavy atom. The minimum Gasteiger partial charge on any atom is -0.394 e. The minimum absolute atomic E-state index is 0.0358. The maximum Gasteiger partial charge on any atom is 0.223 e. The Bertz CT molecular complexity index is 354. The summed E-state index contributed by atoms with van der Waals surface area (Å²) in [5.41, 5.74) is 6.34. The molecule has 0 radical (unpaired) electrons. The summed E-state index contributed by atoms with van der Waals surface area (Å²) in [7, 11) is 0. The Balaban J connectivity index is 2.56. The van der Waals surface area contributed by atoms with E-state index in [0.717, 1.165) is 18.4 Å². The van der Waals surface area contributed by atoms with Crippen molar-refractivity contribution in [3.63, 3.8) is 0 Å². The van der Waals surface area contributed by atoms with Crippen molar-refractivity contribution in [3.8, 4) is 0 Å². The minimum atomic E-state index is -0.334. The zero-order chi connectivity index (χ0) is 13.4. The summed E-state index contributed by atoms with van der Waals surface area (Å²) < 4.78 is 0. The number of benzene rings is 1. The molecule has 1 aromatic carbocycles. The largest absolute Gasteiger partial charge is 0.394 e. The predicted molar refractivity (Wildman–Crippen MR) is 71.9 cm³/mol. The van der Waals surface area contributed by atoms with E-state index in [1.165, 1.54) is 0 Å². The number of rotatable bonds is 7. The highest BCUT2D eigenvalue weighted by atomic mass is 16.3. The second-order valence-electron chi connectivity index (χ2n) is 4.49. The van der Waals surface area contributed by atoms with E-state index in [0.29, 0.717) is 6.54 Å². The number of carbonyl (C=O) groups excluding carboxylic acids is 1. The molecule has 0 aliphatic heterocycles. The molecule has 4 heteroatoms. The maximum absolute atomic E-state index is 11.9. The second kappa shape index (κ2) is 7.84. The Kier molecular flexibility index (Phi) is 6.39. The lowest BCUT2D eigenvalue weighted by atomic mass is 10.0. The molecule has 100 valence electrons. The molecule has 1 rings (SSSR count). The fourth-order valence-electron chi connectivity index (χ4n) is 1.79. The Hall–Kier alpha value is -1.39. The summed E-state index contributed by atoms with van der Waals surface area (Å²) in [6.07, 6.45) is 1.61. The summed E-state index contributed by atoms with van der Waals surface area (Å²) in [5.74, 6) is -0.113. The zero-order valence-electron chi connectivity index (χ0n) is 10.8. The zero-order valence-corrected chi connectivity index (χ0v) is 10.8. The summed E-state index contributed by atoms with van der Waals surface area (Å²) in [6, 6.07) is 9.14. The highest BCUT2D eigenvalue weighted by Crippen LogP contribution is 2.13. The highest BCUT2D eigenvalue weighted by molar-refractivity contribution is 5.78. The SMILES string of the molecule is CC(CCCN)C(=O)N[C@H](CO)c1ccccc1. The van der Waals surface area contributed by atoms with E-state index in [2.05, 4.69) is 5.32 Å². The quantitative estimate of drug-likeness (QED) is 0.681. The van der Waals surface area contributed by atoms with Crippen LogP contribution < -0.4 is 11.1 Å². The van der Waals surface area contributed by atoms with Crippen LogP contribution in [-0.2, 0) is 4.79 Å². The van der Waals surface area contributed by atoms with Crippen molar-refractivity contribution in [2.45, 2.75) is 25.8 Å². The summed E-state index contributed by atoms with van der Waals surface area (Å²) in [4.78, 5) is 11.9. The van der Waals surface area contributed by atoms with E-state index in [1.54, 1.807) is 0 Å². The molecule has 4 nitrogen and oxygen atoms in total. The number of aliphatic hydroxyl groups is 1. The van der Waals surface area contributed by atoms with Crippen LogP contribution in [0.25, 0.3) is 0 Å². The van der Waals surface area contributed by atoms with Gasteiger partial charge in [0.1, 0.15) is 0 Å². The molecule has 18 heavy (non-hydrogen) atoms. The first-order valence-corrected chi connectivity index (χ1v) is 6.35. The summed E-state index contributed by atoms with van der Waals surface area (Å²) in [6.45, 7) is 2.38. The van der Waals surface area contributed by atoms with Gasteiger partial charge in [-0.1, -0.05) is 37.3 Å². The van der Waals surface area contributed by atoms with Crippen LogP contribution in [0.2, 0.25) is 0 Å². The van der Waals surface area contributed by atoms with Gasteiger partial charge in [0, 0.05) is 5.92 Å². The van der Waals surface area contributed by atoms with Crippen LogP contribution in [0.5, 0.6) is 0 Å². The topological polar surface area (TPSA) is 75.4 Å². The average molecular weight is 250 g/mol. The third kappa shape index (κ3) is 4.47. The number of amides is 1. The van der Waals surface area contributed by atoms with Crippen molar-refractivity contribution in [1.82, 2.24) is 5.32 Å². The van der Waals surface area contributed by atoms with Crippen LogP contribution in [-0.4, -0.2) is 24.2 Å². The molecule has 0 saturated carbocycles. The Labute approximate surface area is 108 Å². The van der Waals surface area contributed by atoms with Crippen molar-refractivity contribution in [2.24, 2.45) is 11.7 Å². The normalized spacial score (nSPS) is 13.9. The van der Waals surface area contributed by atoms with Gasteiger partial charge in [0.25, 0.3) is 0 Å². The maximum atomic E-state index is 11.9. The van der Waals surface area contributed by atoms with Crippen molar-refractivity contribution in [1.29, 1.82) is 0 Å². The number of hydrogen-bond acceptors (Lipinski definition) is 3. The monoisotopic (exact) mass is 250 g/mol. The van der Waals surface area contributed by atoms with Crippen molar-refractivity contribution in [2.75, 3.05) is 13.2 Å². The molecule has 0 heterocycles. The number of aliphatic hydroxyl groups excluding tert-OH is 1. The molecule has 1 amide bonds. The fraction of sp³-hybridized carbons (Fsp3) is 0.500. The van der Waals surface area contributed by atoms with Gasteiger partial charge < -0.3 is 16.2 Å². The second-order valence-corrected chi connectivity index (χ2v) is 4.49. The Morgan fingerprint density at radius 3 is 2.61 bits per heavy atom. The summed E-state index contributed by atoms with van der Waals surface area (Å²) >= 11 is 0. The number of nitrogens with two attached hydrogens (primary N) is 1. The van der Waals surface area contributed by atoms with Gasteiger partial charge in [-0.15, -0.1) is 0 Å². The molecule has 2 atom stereocenters. The first kappa shape index (κ1) is 14.7. The smallest absolute Gasteiger partial charge is 0.223 e. The van der Waals surface area contributed by atoms with E-state index >= 15 is 0 Å². The molecule has 0 spiro atoms. The van der Waals surface area contributed by atoms with Gasteiger partial charge in [0.2, 0.25) is 5.91 Å². The third-order valence-corrected chi connectivity index (χ3v) is 2.99. The first-order valence-electron chi connectivity index (χ1n) is 6.35. The molecule has 0 aliphatic carbocycles. The number of nitrogens with one attached hydrogen (secondary N) is 1. The molecule has 4 N–H and O–H groups in total. The van der Waals surface area contributed by atoms with Gasteiger partial charge >= 0.3 is 0 Å². The molecule has 0 fully saturated rings. The van der Waals surface area contributed by atoms with Crippen LogP contribution in [0.4, 0.5) is 0 Å². The van der Waals surface area contributed by atoms with Gasteiger partial charge in [-0.05, 0) is 24.9 Å². The molecule has 0 aliphatic rings. The summed E-state index contributed by atoms with van der Waals surface area (Å²) in [5, 5.41) is 12.2. The number of hydrogen-bond donors (Lipinski definition) is 3. The van der Waals surface area contributed by atoms with E-state index in [4.69, 9.17) is 5.73 Å². The number of carbonyl (C=O) groups is 1. The lowest BCUT2D eigenvalue weighted by molar-refractivity contribution is -0.125. The fourth-order valence-corrected chi connectivity index (χ4v) is 1.79. The van der Waals surface area contributed by atoms with E-state index in [9.17, 15) is 9.90 Å². The van der Waals surface area contributed by atoms with Crippen LogP contribution in [0, 0.1) is 5.92 Å². The van der Waals surface area contributed by atoms with Crippen LogP contribution in [0.15, 0.2) is 30.3 Å².